The largest absolute Gasteiger partial charge is 0.396 e. The summed E-state index contributed by atoms with van der Waals surface area (Å²) in [6.45, 7) is 2.07. The molecule has 0 aliphatic carbocycles. The van der Waals surface area contributed by atoms with Crippen LogP contribution in [0.15, 0.2) is 30.3 Å². The van der Waals surface area contributed by atoms with E-state index in [1.807, 2.05) is 6.07 Å². The third-order valence-corrected chi connectivity index (χ3v) is 3.32. The van der Waals surface area contributed by atoms with Crippen molar-refractivity contribution in [2.45, 2.75) is 51.4 Å². The first-order valence-electron chi connectivity index (χ1n) is 7.66. The van der Waals surface area contributed by atoms with E-state index in [0.717, 1.165) is 26.1 Å². The van der Waals surface area contributed by atoms with Crippen molar-refractivity contribution in [2.75, 3.05) is 19.8 Å². The van der Waals surface area contributed by atoms with Crippen LogP contribution in [0.1, 0.15) is 50.5 Å². The number of ether oxygens (including phenoxy) is 1. The Morgan fingerprint density at radius 2 is 1.37 bits per heavy atom. The lowest BCUT2D eigenvalue weighted by Gasteiger charge is -2.04. The van der Waals surface area contributed by atoms with Gasteiger partial charge in [0.2, 0.25) is 0 Å². The van der Waals surface area contributed by atoms with Crippen LogP contribution in [0.2, 0.25) is 0 Å². The predicted octanol–water partition coefficient (Wildman–Crippen LogP) is 3.97. The quantitative estimate of drug-likeness (QED) is 0.579. The highest BCUT2D eigenvalue weighted by Gasteiger charge is 1.94. The van der Waals surface area contributed by atoms with Crippen LogP contribution in [-0.4, -0.2) is 24.9 Å². The van der Waals surface area contributed by atoms with E-state index in [1.54, 1.807) is 0 Å². The van der Waals surface area contributed by atoms with Gasteiger partial charge < -0.3 is 9.84 Å². The molecule has 0 saturated carbocycles. The first-order valence-corrected chi connectivity index (χ1v) is 7.66. The van der Waals surface area contributed by atoms with Crippen LogP contribution in [0.4, 0.5) is 0 Å². The second kappa shape index (κ2) is 12.2. The molecule has 1 rings (SSSR count). The van der Waals surface area contributed by atoms with Gasteiger partial charge in [0.1, 0.15) is 0 Å². The number of hydrogen-bond acceptors (Lipinski definition) is 2. The third kappa shape index (κ3) is 9.69. The summed E-state index contributed by atoms with van der Waals surface area (Å²) >= 11 is 0. The summed E-state index contributed by atoms with van der Waals surface area (Å²) in [6, 6.07) is 10.5. The Morgan fingerprint density at radius 1 is 0.737 bits per heavy atom. The summed E-state index contributed by atoms with van der Waals surface area (Å²) in [5.74, 6) is 0. The zero-order valence-electron chi connectivity index (χ0n) is 12.0. The average molecular weight is 264 g/mol. The Labute approximate surface area is 117 Å². The summed E-state index contributed by atoms with van der Waals surface area (Å²) in [6.07, 6.45) is 9.45. The van der Waals surface area contributed by atoms with Gasteiger partial charge in [-0.2, -0.15) is 0 Å². The molecule has 108 valence electrons. The zero-order chi connectivity index (χ0) is 13.6. The molecular weight excluding hydrogens is 236 g/mol. The number of aliphatic hydroxyl groups is 1. The molecule has 0 saturated heterocycles. The van der Waals surface area contributed by atoms with Crippen LogP contribution in [0, 0.1) is 0 Å². The molecule has 0 amide bonds. The van der Waals surface area contributed by atoms with Crippen LogP contribution in [0.3, 0.4) is 0 Å². The van der Waals surface area contributed by atoms with E-state index in [1.165, 1.54) is 44.1 Å². The monoisotopic (exact) mass is 264 g/mol. The predicted molar refractivity (Wildman–Crippen MR) is 80.4 cm³/mol. The van der Waals surface area contributed by atoms with Crippen LogP contribution in [0.25, 0.3) is 0 Å². The lowest BCUT2D eigenvalue weighted by atomic mass is 10.1. The molecule has 2 nitrogen and oxygen atoms in total. The number of benzene rings is 1. The number of aliphatic hydroxyl groups excluding tert-OH is 1. The summed E-state index contributed by atoms with van der Waals surface area (Å²) in [4.78, 5) is 0. The molecule has 1 aromatic carbocycles. The molecule has 1 N–H and O–H groups in total. The van der Waals surface area contributed by atoms with E-state index in [4.69, 9.17) is 9.84 Å². The van der Waals surface area contributed by atoms with E-state index < -0.39 is 0 Å². The fraction of sp³-hybridized carbons (Fsp3) is 0.647. The standard InChI is InChI=1S/C17H28O2/c18-14-9-4-2-1-3-5-10-15-19-16-13-17-11-7-6-8-12-17/h6-8,11-12,18H,1-5,9-10,13-16H2. The lowest BCUT2D eigenvalue weighted by Crippen LogP contribution is -2.00. The van der Waals surface area contributed by atoms with Crippen molar-refractivity contribution < 1.29 is 9.84 Å². The molecule has 0 spiro atoms. The fourth-order valence-corrected chi connectivity index (χ4v) is 2.14. The fourth-order valence-electron chi connectivity index (χ4n) is 2.14. The molecule has 0 aliphatic rings. The molecule has 0 radical (unpaired) electrons. The molecule has 19 heavy (non-hydrogen) atoms. The zero-order valence-corrected chi connectivity index (χ0v) is 12.0. The smallest absolute Gasteiger partial charge is 0.0506 e. The molecule has 0 unspecified atom stereocenters. The number of rotatable bonds is 12. The molecule has 0 atom stereocenters. The van der Waals surface area contributed by atoms with Gasteiger partial charge in [-0.1, -0.05) is 62.4 Å². The summed E-state index contributed by atoms with van der Waals surface area (Å²) in [7, 11) is 0. The SMILES string of the molecule is OCCCCCCCCCOCCc1ccccc1. The molecule has 2 heteroatoms. The molecule has 0 bridgehead atoms. The second-order valence-electron chi connectivity index (χ2n) is 5.05. The Bertz CT molecular complexity index is 285. The molecule has 0 fully saturated rings. The van der Waals surface area contributed by atoms with Gasteiger partial charge >= 0.3 is 0 Å². The maximum atomic E-state index is 8.66. The van der Waals surface area contributed by atoms with E-state index in [9.17, 15) is 0 Å². The van der Waals surface area contributed by atoms with E-state index in [0.29, 0.717) is 6.61 Å². The van der Waals surface area contributed by atoms with E-state index in [2.05, 4.69) is 24.3 Å². The molecule has 1 aromatic rings. The van der Waals surface area contributed by atoms with Crippen molar-refractivity contribution in [3.8, 4) is 0 Å². The van der Waals surface area contributed by atoms with Gasteiger partial charge in [0.15, 0.2) is 0 Å². The topological polar surface area (TPSA) is 29.5 Å². The average Bonchev–Trinajstić information content (AvgIpc) is 2.46. The van der Waals surface area contributed by atoms with Crippen molar-refractivity contribution in [1.29, 1.82) is 0 Å². The lowest BCUT2D eigenvalue weighted by molar-refractivity contribution is 0.133. The van der Waals surface area contributed by atoms with E-state index >= 15 is 0 Å². The van der Waals surface area contributed by atoms with Gasteiger partial charge in [-0.25, -0.2) is 0 Å². The first-order chi connectivity index (χ1) is 9.43. The van der Waals surface area contributed by atoms with Gasteiger partial charge in [0, 0.05) is 13.2 Å². The summed E-state index contributed by atoms with van der Waals surface area (Å²) < 4.78 is 5.65. The number of unbranched alkanes of at least 4 members (excludes halogenated alkanes) is 6. The van der Waals surface area contributed by atoms with Gasteiger partial charge in [0.25, 0.3) is 0 Å². The number of hydrogen-bond donors (Lipinski definition) is 1. The highest BCUT2D eigenvalue weighted by molar-refractivity contribution is 5.14. The normalized spacial score (nSPS) is 10.8. The Kier molecular flexibility index (Phi) is 10.4. The summed E-state index contributed by atoms with van der Waals surface area (Å²) in [5.41, 5.74) is 1.35. The first kappa shape index (κ1) is 16.2. The Morgan fingerprint density at radius 3 is 2.05 bits per heavy atom. The molecular formula is C17H28O2. The Balaban J connectivity index is 1.79. The van der Waals surface area contributed by atoms with E-state index in [-0.39, 0.29) is 0 Å². The summed E-state index contributed by atoms with van der Waals surface area (Å²) in [5, 5.41) is 8.66. The maximum Gasteiger partial charge on any atom is 0.0506 e. The van der Waals surface area contributed by atoms with Crippen molar-refractivity contribution in [3.63, 3.8) is 0 Å². The Hall–Kier alpha value is -0.860. The van der Waals surface area contributed by atoms with Crippen molar-refractivity contribution in [1.82, 2.24) is 0 Å². The maximum absolute atomic E-state index is 8.66. The van der Waals surface area contributed by atoms with Crippen LogP contribution < -0.4 is 0 Å². The van der Waals surface area contributed by atoms with Crippen LogP contribution in [0.5, 0.6) is 0 Å². The van der Waals surface area contributed by atoms with Crippen molar-refractivity contribution in [2.24, 2.45) is 0 Å². The third-order valence-electron chi connectivity index (χ3n) is 3.32. The molecule has 0 aromatic heterocycles. The minimum absolute atomic E-state index is 0.343. The van der Waals surface area contributed by atoms with Crippen LogP contribution in [-0.2, 0) is 11.2 Å². The van der Waals surface area contributed by atoms with Crippen LogP contribution >= 0.6 is 0 Å². The minimum Gasteiger partial charge on any atom is -0.396 e. The van der Waals surface area contributed by atoms with Gasteiger partial charge in [-0.15, -0.1) is 0 Å². The second-order valence-corrected chi connectivity index (χ2v) is 5.05. The highest BCUT2D eigenvalue weighted by Crippen LogP contribution is 2.07. The highest BCUT2D eigenvalue weighted by atomic mass is 16.5. The molecule has 0 heterocycles. The van der Waals surface area contributed by atoms with Gasteiger partial charge in [-0.05, 0) is 24.8 Å². The van der Waals surface area contributed by atoms with Gasteiger partial charge in [0.05, 0.1) is 6.61 Å². The van der Waals surface area contributed by atoms with Crippen molar-refractivity contribution in [3.05, 3.63) is 35.9 Å². The minimum atomic E-state index is 0.343. The van der Waals surface area contributed by atoms with Gasteiger partial charge in [-0.3, -0.25) is 0 Å². The van der Waals surface area contributed by atoms with Crippen molar-refractivity contribution >= 4 is 0 Å². The molecule has 0 aliphatic heterocycles.